The van der Waals surface area contributed by atoms with E-state index in [2.05, 4.69) is 10.3 Å². The molecule has 7 heteroatoms. The first kappa shape index (κ1) is 20.7. The minimum atomic E-state index is -0.679. The number of nitriles is 1. The molecule has 0 aliphatic rings. The quantitative estimate of drug-likeness (QED) is 0.614. The van der Waals surface area contributed by atoms with Crippen LogP contribution in [0.1, 0.15) is 18.1 Å². The molecule has 3 rings (SSSR count). The second kappa shape index (κ2) is 9.94. The van der Waals surface area contributed by atoms with Gasteiger partial charge in [0.25, 0.3) is 5.91 Å². The molecule has 1 amide bonds. The molecule has 1 unspecified atom stereocenters. The van der Waals surface area contributed by atoms with Gasteiger partial charge in [-0.05, 0) is 48.9 Å². The lowest BCUT2D eigenvalue weighted by molar-refractivity contribution is -0.127. The number of rotatable bonds is 8. The highest BCUT2D eigenvalue weighted by Gasteiger charge is 2.14. The molecule has 0 aliphatic carbocycles. The van der Waals surface area contributed by atoms with Crippen molar-refractivity contribution in [3.63, 3.8) is 0 Å². The highest BCUT2D eigenvalue weighted by Crippen LogP contribution is 2.23. The third-order valence-corrected chi connectivity index (χ3v) is 4.19. The van der Waals surface area contributed by atoms with E-state index in [4.69, 9.17) is 19.5 Å². The highest BCUT2D eigenvalue weighted by atomic mass is 16.5. The summed E-state index contributed by atoms with van der Waals surface area (Å²) in [4.78, 5) is 16.5. The van der Waals surface area contributed by atoms with Crippen LogP contribution in [0.3, 0.4) is 0 Å². The van der Waals surface area contributed by atoms with Crippen LogP contribution in [-0.2, 0) is 11.3 Å². The van der Waals surface area contributed by atoms with E-state index in [0.29, 0.717) is 35.2 Å². The third-order valence-electron chi connectivity index (χ3n) is 4.19. The van der Waals surface area contributed by atoms with Crippen LogP contribution < -0.4 is 19.5 Å². The van der Waals surface area contributed by atoms with Crippen LogP contribution in [0.15, 0.2) is 66.9 Å². The molecule has 0 aliphatic heterocycles. The lowest BCUT2D eigenvalue weighted by Crippen LogP contribution is -2.35. The van der Waals surface area contributed by atoms with Crippen LogP contribution >= 0.6 is 0 Å². The molecule has 1 heterocycles. The van der Waals surface area contributed by atoms with Crippen molar-refractivity contribution in [2.75, 3.05) is 7.11 Å². The average molecular weight is 403 g/mol. The molecule has 2 aromatic carbocycles. The summed E-state index contributed by atoms with van der Waals surface area (Å²) in [6.07, 6.45) is 0.962. The second-order valence-corrected chi connectivity index (χ2v) is 6.40. The Morgan fingerprint density at radius 3 is 2.53 bits per heavy atom. The second-order valence-electron chi connectivity index (χ2n) is 6.40. The number of hydrogen-bond acceptors (Lipinski definition) is 6. The Bertz CT molecular complexity index is 1030. The van der Waals surface area contributed by atoms with Crippen molar-refractivity contribution in [3.05, 3.63) is 78.0 Å². The summed E-state index contributed by atoms with van der Waals surface area (Å²) in [7, 11) is 1.59. The van der Waals surface area contributed by atoms with E-state index >= 15 is 0 Å². The van der Waals surface area contributed by atoms with E-state index in [1.54, 1.807) is 56.6 Å². The van der Waals surface area contributed by atoms with Crippen LogP contribution in [0, 0.1) is 11.3 Å². The number of ether oxygens (including phenoxy) is 3. The van der Waals surface area contributed by atoms with Gasteiger partial charge in [-0.15, -0.1) is 0 Å². The van der Waals surface area contributed by atoms with Crippen LogP contribution in [0.5, 0.6) is 23.1 Å². The Labute approximate surface area is 174 Å². The first-order chi connectivity index (χ1) is 14.6. The number of carbonyl (C=O) groups excluding carboxylic acids is 1. The van der Waals surface area contributed by atoms with Gasteiger partial charge in [-0.1, -0.05) is 12.1 Å². The molecule has 0 spiro atoms. The number of methoxy groups -OCH3 is 1. The molecule has 0 bridgehead atoms. The van der Waals surface area contributed by atoms with Gasteiger partial charge in [-0.3, -0.25) is 4.79 Å². The highest BCUT2D eigenvalue weighted by molar-refractivity contribution is 5.80. The van der Waals surface area contributed by atoms with Crippen molar-refractivity contribution in [2.45, 2.75) is 19.6 Å². The number of benzene rings is 2. The lowest BCUT2D eigenvalue weighted by atomic mass is 10.2. The van der Waals surface area contributed by atoms with E-state index in [0.717, 1.165) is 5.56 Å². The number of carbonyl (C=O) groups is 1. The summed E-state index contributed by atoms with van der Waals surface area (Å²) in [5, 5.41) is 11.6. The van der Waals surface area contributed by atoms with Crippen molar-refractivity contribution < 1.29 is 19.0 Å². The van der Waals surface area contributed by atoms with E-state index in [1.165, 1.54) is 0 Å². The molecule has 0 saturated carbocycles. The van der Waals surface area contributed by atoms with Gasteiger partial charge in [0.2, 0.25) is 5.88 Å². The molecule has 1 aromatic heterocycles. The molecule has 30 heavy (non-hydrogen) atoms. The summed E-state index contributed by atoms with van der Waals surface area (Å²) in [6, 6.07) is 19.4. The molecule has 1 atom stereocenters. The minimum absolute atomic E-state index is 0.254. The van der Waals surface area contributed by atoms with Crippen molar-refractivity contribution >= 4 is 5.91 Å². The fourth-order valence-electron chi connectivity index (χ4n) is 2.56. The van der Waals surface area contributed by atoms with Crippen molar-refractivity contribution in [1.82, 2.24) is 10.3 Å². The number of nitrogens with zero attached hydrogens (tertiary/aromatic N) is 2. The smallest absolute Gasteiger partial charge is 0.261 e. The zero-order valence-electron chi connectivity index (χ0n) is 16.7. The summed E-state index contributed by atoms with van der Waals surface area (Å²) in [5.74, 6) is 2.03. The van der Waals surface area contributed by atoms with Gasteiger partial charge >= 0.3 is 0 Å². The summed E-state index contributed by atoms with van der Waals surface area (Å²) in [5.41, 5.74) is 1.36. The van der Waals surface area contributed by atoms with E-state index < -0.39 is 6.10 Å². The summed E-state index contributed by atoms with van der Waals surface area (Å²) < 4.78 is 16.5. The van der Waals surface area contributed by atoms with E-state index in [-0.39, 0.29) is 5.91 Å². The van der Waals surface area contributed by atoms with Gasteiger partial charge in [0.05, 0.1) is 18.7 Å². The molecular weight excluding hydrogens is 382 g/mol. The maximum Gasteiger partial charge on any atom is 0.261 e. The van der Waals surface area contributed by atoms with Gasteiger partial charge in [-0.2, -0.15) is 5.26 Å². The van der Waals surface area contributed by atoms with Gasteiger partial charge in [0.1, 0.15) is 17.2 Å². The van der Waals surface area contributed by atoms with Crippen LogP contribution in [0.2, 0.25) is 0 Å². The fourth-order valence-corrected chi connectivity index (χ4v) is 2.56. The third kappa shape index (κ3) is 5.72. The first-order valence-electron chi connectivity index (χ1n) is 9.29. The molecule has 3 aromatic rings. The van der Waals surface area contributed by atoms with Gasteiger partial charge < -0.3 is 19.5 Å². The molecular formula is C23H21N3O4. The molecule has 1 N–H and O–H groups in total. The largest absolute Gasteiger partial charge is 0.497 e. The monoisotopic (exact) mass is 403 g/mol. The predicted octanol–water partition coefficient (Wildman–Crippen LogP) is 3.84. The Morgan fingerprint density at radius 1 is 1.10 bits per heavy atom. The first-order valence-corrected chi connectivity index (χ1v) is 9.29. The molecule has 0 saturated heterocycles. The Hall–Kier alpha value is -4.05. The predicted molar refractivity (Wildman–Crippen MR) is 110 cm³/mol. The van der Waals surface area contributed by atoms with Crippen molar-refractivity contribution in [1.29, 1.82) is 5.26 Å². The molecule has 0 fully saturated rings. The maximum atomic E-state index is 12.3. The Morgan fingerprint density at radius 2 is 1.87 bits per heavy atom. The Balaban J connectivity index is 1.50. The van der Waals surface area contributed by atoms with Gasteiger partial charge in [-0.25, -0.2) is 4.98 Å². The lowest BCUT2D eigenvalue weighted by Gasteiger charge is -2.15. The average Bonchev–Trinajstić information content (AvgIpc) is 2.79. The van der Waals surface area contributed by atoms with Crippen molar-refractivity contribution in [3.8, 4) is 29.2 Å². The van der Waals surface area contributed by atoms with Gasteiger partial charge in [0, 0.05) is 24.9 Å². The summed E-state index contributed by atoms with van der Waals surface area (Å²) >= 11 is 0. The normalized spacial score (nSPS) is 11.1. The Kier molecular flexibility index (Phi) is 6.85. The van der Waals surface area contributed by atoms with Crippen molar-refractivity contribution in [2.24, 2.45) is 0 Å². The van der Waals surface area contributed by atoms with Crippen LogP contribution in [0.25, 0.3) is 0 Å². The zero-order valence-corrected chi connectivity index (χ0v) is 16.7. The molecule has 152 valence electrons. The van der Waals surface area contributed by atoms with Crippen LogP contribution in [0.4, 0.5) is 0 Å². The minimum Gasteiger partial charge on any atom is -0.497 e. The molecule has 0 radical (unpaired) electrons. The molecule has 7 nitrogen and oxygen atoms in total. The van der Waals surface area contributed by atoms with E-state index in [9.17, 15) is 4.79 Å². The number of pyridine rings is 1. The van der Waals surface area contributed by atoms with Crippen LogP contribution in [-0.4, -0.2) is 24.1 Å². The van der Waals surface area contributed by atoms with Gasteiger partial charge in [0.15, 0.2) is 6.10 Å². The number of aromatic nitrogens is 1. The standard InChI is InChI=1S/C23H21N3O4/c1-16(29-19-9-6-17(13-24)7-10-19)23(27)26-15-18-8-11-22(25-14-18)30-21-5-3-4-20(12-21)28-2/h3-12,14,16H,15H2,1-2H3,(H,26,27). The fraction of sp³-hybridized carbons (Fsp3) is 0.174. The number of hydrogen-bond donors (Lipinski definition) is 1. The number of amides is 1. The summed E-state index contributed by atoms with van der Waals surface area (Å²) in [6.45, 7) is 1.98. The topological polar surface area (TPSA) is 93.5 Å². The SMILES string of the molecule is COc1cccc(Oc2ccc(CNC(=O)C(C)Oc3ccc(C#N)cc3)cn2)c1. The van der Waals surface area contributed by atoms with E-state index in [1.807, 2.05) is 30.3 Å². The maximum absolute atomic E-state index is 12.3. The number of nitrogens with one attached hydrogen (secondary N) is 1. The zero-order chi connectivity index (χ0) is 21.3.